The summed E-state index contributed by atoms with van der Waals surface area (Å²) in [6, 6.07) is 13.0. The standard InChI is InChI=1S/C18H22N2O4S/c1-21-13-8-9-14(17(12-13)23-3)20-18(25)19-10-11-24-16-7-5-4-6-15(16)22-2/h4-9,12H,10-11H2,1-3H3,(H2,19,20,25). The van der Waals surface area contributed by atoms with Crippen LogP contribution >= 0.6 is 12.2 Å². The van der Waals surface area contributed by atoms with Crippen LogP contribution in [0, 0.1) is 0 Å². The molecule has 134 valence electrons. The van der Waals surface area contributed by atoms with Gasteiger partial charge in [0, 0.05) is 6.07 Å². The van der Waals surface area contributed by atoms with Crippen molar-refractivity contribution in [2.45, 2.75) is 0 Å². The molecule has 0 bridgehead atoms. The second kappa shape index (κ2) is 9.58. The Hall–Kier alpha value is -2.67. The Balaban J connectivity index is 1.81. The summed E-state index contributed by atoms with van der Waals surface area (Å²) in [4.78, 5) is 0. The van der Waals surface area contributed by atoms with Crippen LogP contribution in [0.25, 0.3) is 0 Å². The van der Waals surface area contributed by atoms with Crippen LogP contribution < -0.4 is 29.6 Å². The van der Waals surface area contributed by atoms with Crippen LogP contribution in [0.15, 0.2) is 42.5 Å². The maximum Gasteiger partial charge on any atom is 0.170 e. The number of nitrogens with one attached hydrogen (secondary N) is 2. The first kappa shape index (κ1) is 18.7. The third-order valence-corrected chi connectivity index (χ3v) is 3.62. The number of hydrogen-bond donors (Lipinski definition) is 2. The molecule has 0 heterocycles. The maximum atomic E-state index is 5.69. The first-order valence-electron chi connectivity index (χ1n) is 7.70. The molecule has 0 aromatic heterocycles. The molecule has 2 rings (SSSR count). The summed E-state index contributed by atoms with van der Waals surface area (Å²) in [6.07, 6.45) is 0. The molecule has 0 spiro atoms. The van der Waals surface area contributed by atoms with Crippen molar-refractivity contribution in [1.82, 2.24) is 5.32 Å². The van der Waals surface area contributed by atoms with Crippen LogP contribution in [-0.4, -0.2) is 39.6 Å². The zero-order chi connectivity index (χ0) is 18.1. The van der Waals surface area contributed by atoms with E-state index in [4.69, 9.17) is 31.2 Å². The molecule has 0 amide bonds. The molecule has 6 nitrogen and oxygen atoms in total. The van der Waals surface area contributed by atoms with Gasteiger partial charge in [0.15, 0.2) is 16.6 Å². The van der Waals surface area contributed by atoms with Gasteiger partial charge in [0.2, 0.25) is 0 Å². The van der Waals surface area contributed by atoms with Crippen molar-refractivity contribution in [3.63, 3.8) is 0 Å². The number of methoxy groups -OCH3 is 3. The monoisotopic (exact) mass is 362 g/mol. The molecule has 25 heavy (non-hydrogen) atoms. The summed E-state index contributed by atoms with van der Waals surface area (Å²) in [5, 5.41) is 6.66. The number of ether oxygens (including phenoxy) is 4. The van der Waals surface area contributed by atoms with Gasteiger partial charge < -0.3 is 29.6 Å². The summed E-state index contributed by atoms with van der Waals surface area (Å²) < 4.78 is 21.4. The molecule has 0 saturated heterocycles. The van der Waals surface area contributed by atoms with Gasteiger partial charge >= 0.3 is 0 Å². The van der Waals surface area contributed by atoms with Crippen molar-refractivity contribution in [2.75, 3.05) is 39.8 Å². The summed E-state index contributed by atoms with van der Waals surface area (Å²) in [7, 11) is 4.81. The van der Waals surface area contributed by atoms with Crippen molar-refractivity contribution >= 4 is 23.0 Å². The highest BCUT2D eigenvalue weighted by Gasteiger charge is 2.07. The minimum Gasteiger partial charge on any atom is -0.497 e. The topological polar surface area (TPSA) is 61.0 Å². The largest absolute Gasteiger partial charge is 0.497 e. The van der Waals surface area contributed by atoms with E-state index in [1.807, 2.05) is 36.4 Å². The fraction of sp³-hybridized carbons (Fsp3) is 0.278. The van der Waals surface area contributed by atoms with Crippen molar-refractivity contribution in [3.05, 3.63) is 42.5 Å². The second-order valence-electron chi connectivity index (χ2n) is 4.95. The summed E-state index contributed by atoms with van der Waals surface area (Å²) in [5.41, 5.74) is 0.756. The van der Waals surface area contributed by atoms with E-state index in [9.17, 15) is 0 Å². The van der Waals surface area contributed by atoms with Gasteiger partial charge in [0.05, 0.1) is 33.6 Å². The van der Waals surface area contributed by atoms with Gasteiger partial charge in [-0.1, -0.05) is 12.1 Å². The van der Waals surface area contributed by atoms with E-state index in [1.54, 1.807) is 27.4 Å². The van der Waals surface area contributed by atoms with E-state index in [0.717, 1.165) is 5.69 Å². The number of thiocarbonyl (C=S) groups is 1. The quantitative estimate of drug-likeness (QED) is 0.553. The molecular formula is C18H22N2O4S. The van der Waals surface area contributed by atoms with Gasteiger partial charge in [0.25, 0.3) is 0 Å². The Bertz CT molecular complexity index is 709. The fourth-order valence-corrected chi connectivity index (χ4v) is 2.34. The number of rotatable bonds is 8. The highest BCUT2D eigenvalue weighted by molar-refractivity contribution is 7.80. The van der Waals surface area contributed by atoms with Crippen LogP contribution in [0.1, 0.15) is 0 Å². The summed E-state index contributed by atoms with van der Waals surface area (Å²) in [5.74, 6) is 2.76. The predicted octanol–water partition coefficient (Wildman–Crippen LogP) is 3.08. The average Bonchev–Trinajstić information content (AvgIpc) is 2.65. The molecule has 0 aliphatic carbocycles. The summed E-state index contributed by atoms with van der Waals surface area (Å²) in [6.45, 7) is 0.990. The van der Waals surface area contributed by atoms with Crippen LogP contribution in [0.5, 0.6) is 23.0 Å². The molecular weight excluding hydrogens is 340 g/mol. The van der Waals surface area contributed by atoms with E-state index >= 15 is 0 Å². The smallest absolute Gasteiger partial charge is 0.170 e. The van der Waals surface area contributed by atoms with Crippen LogP contribution in [0.2, 0.25) is 0 Å². The number of para-hydroxylation sites is 2. The van der Waals surface area contributed by atoms with Gasteiger partial charge in [-0.3, -0.25) is 0 Å². The average molecular weight is 362 g/mol. The van der Waals surface area contributed by atoms with Gasteiger partial charge in [0.1, 0.15) is 18.1 Å². The lowest BCUT2D eigenvalue weighted by Gasteiger charge is -2.15. The molecule has 0 fully saturated rings. The first-order chi connectivity index (χ1) is 12.2. The third-order valence-electron chi connectivity index (χ3n) is 3.37. The van der Waals surface area contributed by atoms with E-state index in [-0.39, 0.29) is 0 Å². The predicted molar refractivity (Wildman–Crippen MR) is 102 cm³/mol. The zero-order valence-corrected chi connectivity index (χ0v) is 15.3. The minimum absolute atomic E-state index is 0.446. The molecule has 2 N–H and O–H groups in total. The fourth-order valence-electron chi connectivity index (χ4n) is 2.13. The Kier molecular flexibility index (Phi) is 7.16. The van der Waals surface area contributed by atoms with Crippen LogP contribution in [0.4, 0.5) is 5.69 Å². The van der Waals surface area contributed by atoms with Crippen LogP contribution in [0.3, 0.4) is 0 Å². The lowest BCUT2D eigenvalue weighted by Crippen LogP contribution is -2.32. The van der Waals surface area contributed by atoms with E-state index in [0.29, 0.717) is 41.3 Å². The highest BCUT2D eigenvalue weighted by atomic mass is 32.1. The van der Waals surface area contributed by atoms with Crippen molar-refractivity contribution in [3.8, 4) is 23.0 Å². The van der Waals surface area contributed by atoms with Gasteiger partial charge in [-0.2, -0.15) is 0 Å². The lowest BCUT2D eigenvalue weighted by molar-refractivity contribution is 0.298. The summed E-state index contributed by atoms with van der Waals surface area (Å²) >= 11 is 5.29. The van der Waals surface area contributed by atoms with Crippen molar-refractivity contribution in [2.24, 2.45) is 0 Å². The molecule has 0 atom stereocenters. The second-order valence-corrected chi connectivity index (χ2v) is 5.35. The van der Waals surface area contributed by atoms with E-state index < -0.39 is 0 Å². The SMILES string of the molecule is COc1ccc(NC(=S)NCCOc2ccccc2OC)c(OC)c1. The Morgan fingerprint density at radius 1 is 0.920 bits per heavy atom. The molecule has 0 aliphatic heterocycles. The minimum atomic E-state index is 0.446. The van der Waals surface area contributed by atoms with Crippen molar-refractivity contribution < 1.29 is 18.9 Å². The number of anilines is 1. The van der Waals surface area contributed by atoms with E-state index in [1.165, 1.54) is 0 Å². The Morgan fingerprint density at radius 3 is 2.32 bits per heavy atom. The molecule has 7 heteroatoms. The first-order valence-corrected chi connectivity index (χ1v) is 8.11. The number of benzene rings is 2. The van der Waals surface area contributed by atoms with E-state index in [2.05, 4.69) is 10.6 Å². The molecule has 0 unspecified atom stereocenters. The van der Waals surface area contributed by atoms with Crippen LogP contribution in [-0.2, 0) is 0 Å². The lowest BCUT2D eigenvalue weighted by atomic mass is 10.2. The molecule has 0 radical (unpaired) electrons. The molecule has 0 aliphatic rings. The Labute approximate surface area is 153 Å². The highest BCUT2D eigenvalue weighted by Crippen LogP contribution is 2.29. The molecule has 2 aromatic carbocycles. The third kappa shape index (κ3) is 5.42. The van der Waals surface area contributed by atoms with Gasteiger partial charge in [-0.15, -0.1) is 0 Å². The molecule has 0 saturated carbocycles. The zero-order valence-electron chi connectivity index (χ0n) is 14.5. The van der Waals surface area contributed by atoms with Crippen molar-refractivity contribution in [1.29, 1.82) is 0 Å². The molecule has 2 aromatic rings. The maximum absolute atomic E-state index is 5.69. The normalized spacial score (nSPS) is 9.88. The van der Waals surface area contributed by atoms with Gasteiger partial charge in [-0.25, -0.2) is 0 Å². The number of hydrogen-bond acceptors (Lipinski definition) is 5. The van der Waals surface area contributed by atoms with Gasteiger partial charge in [-0.05, 0) is 36.5 Å². The Morgan fingerprint density at radius 2 is 1.64 bits per heavy atom.